The molecule has 1 heterocycles. The Bertz CT molecular complexity index is 318. The van der Waals surface area contributed by atoms with E-state index in [1.807, 2.05) is 4.90 Å². The molecule has 5 heteroatoms. The third-order valence-electron chi connectivity index (χ3n) is 4.05. The molecule has 5 nitrogen and oxygen atoms in total. The number of hydrogen-bond acceptors (Lipinski definition) is 3. The number of carbonyl (C=O) groups excluding carboxylic acids is 1. The molecule has 3 N–H and O–H groups in total. The van der Waals surface area contributed by atoms with E-state index in [0.717, 1.165) is 32.2 Å². The van der Waals surface area contributed by atoms with Gasteiger partial charge in [0.05, 0.1) is 0 Å². The highest BCUT2D eigenvalue weighted by Gasteiger charge is 2.25. The van der Waals surface area contributed by atoms with E-state index in [1.165, 1.54) is 25.7 Å². The predicted molar refractivity (Wildman–Crippen MR) is 80.7 cm³/mol. The van der Waals surface area contributed by atoms with Gasteiger partial charge in [-0.2, -0.15) is 0 Å². The van der Waals surface area contributed by atoms with E-state index in [2.05, 4.69) is 12.1 Å². The van der Waals surface area contributed by atoms with Crippen LogP contribution in [0.5, 0.6) is 0 Å². The first-order valence-corrected chi connectivity index (χ1v) is 7.94. The van der Waals surface area contributed by atoms with Crippen molar-refractivity contribution in [3.8, 4) is 0 Å². The van der Waals surface area contributed by atoms with E-state index < -0.39 is 0 Å². The van der Waals surface area contributed by atoms with Crippen molar-refractivity contribution in [3.63, 3.8) is 0 Å². The van der Waals surface area contributed by atoms with Crippen LogP contribution in [0.15, 0.2) is 5.16 Å². The van der Waals surface area contributed by atoms with E-state index in [-0.39, 0.29) is 17.7 Å². The predicted octanol–water partition coefficient (Wildman–Crippen LogP) is 2.72. The number of rotatable bonds is 8. The van der Waals surface area contributed by atoms with E-state index >= 15 is 0 Å². The Hall–Kier alpha value is -1.26. The van der Waals surface area contributed by atoms with E-state index in [4.69, 9.17) is 10.9 Å². The van der Waals surface area contributed by atoms with Gasteiger partial charge in [-0.15, -0.1) is 0 Å². The molecule has 0 aromatic heterocycles. The van der Waals surface area contributed by atoms with Gasteiger partial charge in [0.15, 0.2) is 0 Å². The smallest absolute Gasteiger partial charge is 0.222 e. The minimum absolute atomic E-state index is 0.0160. The maximum atomic E-state index is 12.1. The van der Waals surface area contributed by atoms with Crippen LogP contribution < -0.4 is 5.73 Å². The molecule has 0 aromatic carbocycles. The standard InChI is InChI=1S/C15H29N3O2/c1-2-3-4-5-6-7-10-14(19)18-11-8-9-13(12-18)15(16)17-20/h13,20H,2-12H2,1H3,(H2,16,17). The Balaban J connectivity index is 2.22. The molecule has 1 fully saturated rings. The van der Waals surface area contributed by atoms with Gasteiger partial charge < -0.3 is 15.8 Å². The van der Waals surface area contributed by atoms with Crippen LogP contribution in [0.1, 0.15) is 64.7 Å². The summed E-state index contributed by atoms with van der Waals surface area (Å²) in [5.41, 5.74) is 5.64. The van der Waals surface area contributed by atoms with E-state index in [1.54, 1.807) is 0 Å². The average Bonchev–Trinajstić information content (AvgIpc) is 2.49. The highest BCUT2D eigenvalue weighted by Crippen LogP contribution is 2.18. The Labute approximate surface area is 122 Å². The fraction of sp³-hybridized carbons (Fsp3) is 0.867. The van der Waals surface area contributed by atoms with Crippen LogP contribution in [0.4, 0.5) is 0 Å². The number of nitrogens with two attached hydrogens (primary N) is 1. The zero-order chi connectivity index (χ0) is 14.8. The molecule has 0 spiro atoms. The highest BCUT2D eigenvalue weighted by atomic mass is 16.4. The second kappa shape index (κ2) is 9.61. The van der Waals surface area contributed by atoms with Crippen LogP contribution in [-0.2, 0) is 4.79 Å². The summed E-state index contributed by atoms with van der Waals surface area (Å²) in [6.07, 6.45) is 9.64. The summed E-state index contributed by atoms with van der Waals surface area (Å²) in [5, 5.41) is 11.8. The number of likely N-dealkylation sites (tertiary alicyclic amines) is 1. The SMILES string of the molecule is CCCCCCCCC(=O)N1CCCC(C(N)=NO)C1. The zero-order valence-electron chi connectivity index (χ0n) is 12.7. The lowest BCUT2D eigenvalue weighted by Gasteiger charge is -2.32. The lowest BCUT2D eigenvalue weighted by atomic mass is 9.96. The third kappa shape index (κ3) is 5.80. The van der Waals surface area contributed by atoms with Crippen molar-refractivity contribution in [1.29, 1.82) is 0 Å². The molecule has 0 bridgehead atoms. The van der Waals surface area contributed by atoms with Crippen LogP contribution in [0.2, 0.25) is 0 Å². The van der Waals surface area contributed by atoms with Gasteiger partial charge in [-0.3, -0.25) is 4.79 Å². The number of amides is 1. The molecule has 1 saturated heterocycles. The normalized spacial score (nSPS) is 20.1. The molecule has 1 aliphatic heterocycles. The molecule has 0 aromatic rings. The summed E-state index contributed by atoms with van der Waals surface area (Å²) in [6.45, 7) is 3.62. The maximum Gasteiger partial charge on any atom is 0.222 e. The van der Waals surface area contributed by atoms with Gasteiger partial charge in [0.2, 0.25) is 5.91 Å². The Kier molecular flexibility index (Phi) is 8.07. The molecule has 116 valence electrons. The number of nitrogens with zero attached hydrogens (tertiary/aromatic N) is 2. The molecule has 0 radical (unpaired) electrons. The third-order valence-corrected chi connectivity index (χ3v) is 4.05. The summed E-state index contributed by atoms with van der Waals surface area (Å²) in [7, 11) is 0. The maximum absolute atomic E-state index is 12.1. The second-order valence-electron chi connectivity index (χ2n) is 5.72. The first-order valence-electron chi connectivity index (χ1n) is 7.94. The Morgan fingerprint density at radius 2 is 2.00 bits per heavy atom. The highest BCUT2D eigenvalue weighted by molar-refractivity contribution is 5.83. The average molecular weight is 283 g/mol. The molecule has 0 saturated carbocycles. The summed E-state index contributed by atoms with van der Waals surface area (Å²) in [5.74, 6) is 0.486. The second-order valence-corrected chi connectivity index (χ2v) is 5.72. The molecule has 1 aliphatic rings. The Morgan fingerprint density at radius 1 is 1.30 bits per heavy atom. The molecular weight excluding hydrogens is 254 g/mol. The van der Waals surface area contributed by atoms with Crippen molar-refractivity contribution in [2.24, 2.45) is 16.8 Å². The zero-order valence-corrected chi connectivity index (χ0v) is 12.7. The van der Waals surface area contributed by atoms with Crippen LogP contribution in [0, 0.1) is 5.92 Å². The van der Waals surface area contributed by atoms with E-state index in [9.17, 15) is 4.79 Å². The van der Waals surface area contributed by atoms with Gasteiger partial charge in [0, 0.05) is 25.4 Å². The monoisotopic (exact) mass is 283 g/mol. The van der Waals surface area contributed by atoms with Gasteiger partial charge >= 0.3 is 0 Å². The number of piperidine rings is 1. The first-order chi connectivity index (χ1) is 9.69. The molecule has 1 unspecified atom stereocenters. The minimum Gasteiger partial charge on any atom is -0.409 e. The van der Waals surface area contributed by atoms with Crippen LogP contribution in [0.3, 0.4) is 0 Å². The van der Waals surface area contributed by atoms with Crippen molar-refractivity contribution < 1.29 is 10.0 Å². The number of oxime groups is 1. The van der Waals surface area contributed by atoms with Gasteiger partial charge in [-0.25, -0.2) is 0 Å². The molecule has 0 aliphatic carbocycles. The topological polar surface area (TPSA) is 78.9 Å². The first kappa shape index (κ1) is 16.8. The summed E-state index contributed by atoms with van der Waals surface area (Å²) < 4.78 is 0. The molecule has 1 amide bonds. The molecule has 1 atom stereocenters. The summed E-state index contributed by atoms with van der Waals surface area (Å²) >= 11 is 0. The van der Waals surface area contributed by atoms with Crippen molar-refractivity contribution in [2.45, 2.75) is 64.7 Å². The van der Waals surface area contributed by atoms with E-state index in [0.29, 0.717) is 13.0 Å². The van der Waals surface area contributed by atoms with Crippen molar-refractivity contribution in [2.75, 3.05) is 13.1 Å². The van der Waals surface area contributed by atoms with Gasteiger partial charge in [0.25, 0.3) is 0 Å². The van der Waals surface area contributed by atoms with Gasteiger partial charge in [-0.05, 0) is 19.3 Å². The fourth-order valence-corrected chi connectivity index (χ4v) is 2.74. The van der Waals surface area contributed by atoms with Crippen molar-refractivity contribution in [1.82, 2.24) is 4.90 Å². The Morgan fingerprint density at radius 3 is 2.70 bits per heavy atom. The molecule has 20 heavy (non-hydrogen) atoms. The van der Waals surface area contributed by atoms with Crippen LogP contribution in [0.25, 0.3) is 0 Å². The number of carbonyl (C=O) groups is 1. The largest absolute Gasteiger partial charge is 0.409 e. The van der Waals surface area contributed by atoms with Crippen molar-refractivity contribution >= 4 is 11.7 Å². The summed E-state index contributed by atoms with van der Waals surface area (Å²) in [6, 6.07) is 0. The van der Waals surface area contributed by atoms with Crippen LogP contribution >= 0.6 is 0 Å². The summed E-state index contributed by atoms with van der Waals surface area (Å²) in [4.78, 5) is 14.0. The molecule has 1 rings (SSSR count). The lowest BCUT2D eigenvalue weighted by Crippen LogP contribution is -2.44. The number of unbranched alkanes of at least 4 members (excludes halogenated alkanes) is 5. The number of hydrogen-bond donors (Lipinski definition) is 2. The van der Waals surface area contributed by atoms with Gasteiger partial charge in [-0.1, -0.05) is 44.2 Å². The minimum atomic E-state index is 0.0160. The van der Waals surface area contributed by atoms with Crippen molar-refractivity contribution in [3.05, 3.63) is 0 Å². The lowest BCUT2D eigenvalue weighted by molar-refractivity contribution is -0.132. The number of amidine groups is 1. The van der Waals surface area contributed by atoms with Crippen LogP contribution in [-0.4, -0.2) is 34.9 Å². The molecular formula is C15H29N3O2. The fourth-order valence-electron chi connectivity index (χ4n) is 2.74. The quantitative estimate of drug-likeness (QED) is 0.236. The van der Waals surface area contributed by atoms with Gasteiger partial charge in [0.1, 0.15) is 5.84 Å².